The molecule has 1 aromatic rings. The van der Waals surface area contributed by atoms with E-state index in [1.54, 1.807) is 0 Å². The SMILES string of the molecule is CC(C)c1noc(CN2CCC(C)(CN)C2)n1. The van der Waals surface area contributed by atoms with Crippen molar-refractivity contribution in [1.29, 1.82) is 0 Å². The second-order valence-corrected chi connectivity index (χ2v) is 5.68. The minimum atomic E-state index is 0.251. The maximum atomic E-state index is 5.79. The van der Waals surface area contributed by atoms with E-state index in [1.807, 2.05) is 0 Å². The standard InChI is InChI=1S/C12H22N4O/c1-9(2)11-14-10(17-15-11)6-16-5-4-12(3,7-13)8-16/h9H,4-8,13H2,1-3H3. The predicted molar refractivity (Wildman–Crippen MR) is 65.4 cm³/mol. The van der Waals surface area contributed by atoms with Crippen molar-refractivity contribution >= 4 is 0 Å². The third-order valence-corrected chi connectivity index (χ3v) is 3.49. The molecule has 1 aliphatic rings. The lowest BCUT2D eigenvalue weighted by molar-refractivity contribution is 0.238. The van der Waals surface area contributed by atoms with Crippen LogP contribution in [-0.4, -0.2) is 34.7 Å². The van der Waals surface area contributed by atoms with Crippen molar-refractivity contribution in [2.24, 2.45) is 11.1 Å². The molecule has 2 N–H and O–H groups in total. The van der Waals surface area contributed by atoms with Crippen molar-refractivity contribution in [3.8, 4) is 0 Å². The molecule has 0 bridgehead atoms. The van der Waals surface area contributed by atoms with Crippen molar-refractivity contribution < 1.29 is 4.52 Å². The van der Waals surface area contributed by atoms with Crippen LogP contribution in [-0.2, 0) is 6.54 Å². The molecular formula is C12H22N4O. The lowest BCUT2D eigenvalue weighted by Gasteiger charge is -2.21. The molecule has 2 rings (SSSR count). The van der Waals surface area contributed by atoms with E-state index in [4.69, 9.17) is 10.3 Å². The van der Waals surface area contributed by atoms with Gasteiger partial charge in [-0.2, -0.15) is 4.98 Å². The van der Waals surface area contributed by atoms with Crippen LogP contribution >= 0.6 is 0 Å². The lowest BCUT2D eigenvalue weighted by Crippen LogP contribution is -2.31. The minimum Gasteiger partial charge on any atom is -0.338 e. The maximum absolute atomic E-state index is 5.79. The first kappa shape index (κ1) is 12.5. The van der Waals surface area contributed by atoms with Crippen molar-refractivity contribution in [3.63, 3.8) is 0 Å². The molecule has 0 aromatic carbocycles. The van der Waals surface area contributed by atoms with Gasteiger partial charge in [-0.25, -0.2) is 0 Å². The Morgan fingerprint density at radius 3 is 2.82 bits per heavy atom. The van der Waals surface area contributed by atoms with Crippen LogP contribution in [0.25, 0.3) is 0 Å². The van der Waals surface area contributed by atoms with E-state index in [0.29, 0.717) is 5.92 Å². The van der Waals surface area contributed by atoms with Gasteiger partial charge in [0.2, 0.25) is 5.89 Å². The Morgan fingerprint density at radius 1 is 1.53 bits per heavy atom. The number of rotatable bonds is 4. The van der Waals surface area contributed by atoms with Gasteiger partial charge < -0.3 is 10.3 Å². The van der Waals surface area contributed by atoms with Crippen molar-refractivity contribution in [1.82, 2.24) is 15.0 Å². The Kier molecular flexibility index (Phi) is 3.49. The molecule has 96 valence electrons. The second kappa shape index (κ2) is 4.74. The summed E-state index contributed by atoms with van der Waals surface area (Å²) < 4.78 is 5.26. The van der Waals surface area contributed by atoms with E-state index in [0.717, 1.165) is 44.3 Å². The molecule has 1 fully saturated rings. The molecule has 0 radical (unpaired) electrons. The normalized spacial score (nSPS) is 25.9. The van der Waals surface area contributed by atoms with Crippen LogP contribution in [0.5, 0.6) is 0 Å². The zero-order valence-corrected chi connectivity index (χ0v) is 10.9. The first-order valence-corrected chi connectivity index (χ1v) is 6.27. The van der Waals surface area contributed by atoms with Crippen LogP contribution in [0.2, 0.25) is 0 Å². The van der Waals surface area contributed by atoms with Gasteiger partial charge in [-0.05, 0) is 24.9 Å². The topological polar surface area (TPSA) is 68.2 Å². The van der Waals surface area contributed by atoms with Crippen LogP contribution in [0, 0.1) is 5.41 Å². The van der Waals surface area contributed by atoms with E-state index in [2.05, 4.69) is 35.8 Å². The van der Waals surface area contributed by atoms with E-state index in [1.165, 1.54) is 0 Å². The Balaban J connectivity index is 1.93. The molecule has 1 saturated heterocycles. The zero-order valence-electron chi connectivity index (χ0n) is 10.9. The Hall–Kier alpha value is -0.940. The van der Waals surface area contributed by atoms with E-state index in [9.17, 15) is 0 Å². The number of nitrogens with zero attached hydrogens (tertiary/aromatic N) is 3. The van der Waals surface area contributed by atoms with Crippen LogP contribution in [0.4, 0.5) is 0 Å². The van der Waals surface area contributed by atoms with Gasteiger partial charge in [-0.15, -0.1) is 0 Å². The number of aromatic nitrogens is 2. The highest BCUT2D eigenvalue weighted by molar-refractivity contribution is 4.94. The number of hydrogen-bond acceptors (Lipinski definition) is 5. The summed E-state index contributed by atoms with van der Waals surface area (Å²) in [5.74, 6) is 1.83. The predicted octanol–water partition coefficient (Wildman–Crippen LogP) is 1.36. The minimum absolute atomic E-state index is 0.251. The van der Waals surface area contributed by atoms with Crippen molar-refractivity contribution in [2.75, 3.05) is 19.6 Å². The monoisotopic (exact) mass is 238 g/mol. The summed E-state index contributed by atoms with van der Waals surface area (Å²) in [5, 5.41) is 3.98. The molecular weight excluding hydrogens is 216 g/mol. The fourth-order valence-electron chi connectivity index (χ4n) is 2.19. The van der Waals surface area contributed by atoms with E-state index >= 15 is 0 Å². The lowest BCUT2D eigenvalue weighted by atomic mass is 9.90. The van der Waals surface area contributed by atoms with Crippen molar-refractivity contribution in [2.45, 2.75) is 39.7 Å². The maximum Gasteiger partial charge on any atom is 0.240 e. The molecule has 17 heavy (non-hydrogen) atoms. The Morgan fingerprint density at radius 2 is 2.29 bits per heavy atom. The summed E-state index contributed by atoms with van der Waals surface area (Å²) in [6.45, 7) is 9.93. The highest BCUT2D eigenvalue weighted by Crippen LogP contribution is 2.29. The molecule has 1 unspecified atom stereocenters. The van der Waals surface area contributed by atoms with Gasteiger partial charge in [0.05, 0.1) is 6.54 Å². The fourth-order valence-corrected chi connectivity index (χ4v) is 2.19. The molecule has 0 aliphatic carbocycles. The Bertz CT molecular complexity index is 376. The van der Waals surface area contributed by atoms with Gasteiger partial charge in [0, 0.05) is 12.5 Å². The summed E-state index contributed by atoms with van der Waals surface area (Å²) in [7, 11) is 0. The van der Waals surface area contributed by atoms with Gasteiger partial charge in [0.25, 0.3) is 0 Å². The van der Waals surface area contributed by atoms with E-state index < -0.39 is 0 Å². The third-order valence-electron chi connectivity index (χ3n) is 3.49. The average Bonchev–Trinajstić information content (AvgIpc) is 2.87. The van der Waals surface area contributed by atoms with Crippen LogP contribution < -0.4 is 5.73 Å². The molecule has 0 amide bonds. The molecule has 1 aromatic heterocycles. The quantitative estimate of drug-likeness (QED) is 0.858. The highest BCUT2D eigenvalue weighted by atomic mass is 16.5. The van der Waals surface area contributed by atoms with E-state index in [-0.39, 0.29) is 5.41 Å². The van der Waals surface area contributed by atoms with Crippen LogP contribution in [0.3, 0.4) is 0 Å². The largest absolute Gasteiger partial charge is 0.338 e. The summed E-state index contributed by atoms with van der Waals surface area (Å²) in [6.07, 6.45) is 1.15. The van der Waals surface area contributed by atoms with Gasteiger partial charge in [-0.1, -0.05) is 25.9 Å². The second-order valence-electron chi connectivity index (χ2n) is 5.68. The number of nitrogens with two attached hydrogens (primary N) is 1. The third kappa shape index (κ3) is 2.84. The molecule has 0 spiro atoms. The molecule has 1 atom stereocenters. The summed E-state index contributed by atoms with van der Waals surface area (Å²) in [6, 6.07) is 0. The molecule has 5 heteroatoms. The number of hydrogen-bond donors (Lipinski definition) is 1. The van der Waals surface area contributed by atoms with Gasteiger partial charge >= 0.3 is 0 Å². The fraction of sp³-hybridized carbons (Fsp3) is 0.833. The first-order valence-electron chi connectivity index (χ1n) is 6.27. The first-order chi connectivity index (χ1) is 8.02. The zero-order chi connectivity index (χ0) is 12.5. The van der Waals surface area contributed by atoms with Crippen LogP contribution in [0.15, 0.2) is 4.52 Å². The summed E-state index contributed by atoms with van der Waals surface area (Å²) in [4.78, 5) is 6.73. The smallest absolute Gasteiger partial charge is 0.240 e. The summed E-state index contributed by atoms with van der Waals surface area (Å²) in [5.41, 5.74) is 6.04. The Labute approximate surface area is 102 Å². The van der Waals surface area contributed by atoms with Gasteiger partial charge in [0.1, 0.15) is 0 Å². The van der Waals surface area contributed by atoms with Gasteiger partial charge in [-0.3, -0.25) is 4.90 Å². The highest BCUT2D eigenvalue weighted by Gasteiger charge is 2.33. The summed E-state index contributed by atoms with van der Waals surface area (Å²) >= 11 is 0. The van der Waals surface area contributed by atoms with Gasteiger partial charge in [0.15, 0.2) is 5.82 Å². The molecule has 5 nitrogen and oxygen atoms in total. The molecule has 0 saturated carbocycles. The molecule has 2 heterocycles. The van der Waals surface area contributed by atoms with Crippen LogP contribution in [0.1, 0.15) is 44.8 Å². The average molecular weight is 238 g/mol. The van der Waals surface area contributed by atoms with Crippen molar-refractivity contribution in [3.05, 3.63) is 11.7 Å². The number of likely N-dealkylation sites (tertiary alicyclic amines) is 1. The molecule has 1 aliphatic heterocycles.